The third-order valence-corrected chi connectivity index (χ3v) is 12.9. The van der Waals surface area contributed by atoms with Crippen LogP contribution in [-0.2, 0) is 0 Å². The fourth-order valence-corrected chi connectivity index (χ4v) is 14.7. The van der Waals surface area contributed by atoms with Gasteiger partial charge in [-0.25, -0.2) is 0 Å². The van der Waals surface area contributed by atoms with Crippen molar-refractivity contribution in [1.29, 1.82) is 0 Å². The monoisotopic (exact) mass is 378 g/mol. The summed E-state index contributed by atoms with van der Waals surface area (Å²) in [7, 11) is -0.264. The predicted molar refractivity (Wildman–Crippen MR) is 119 cm³/mol. The number of allylic oxidation sites excluding steroid dienone is 2. The molecule has 2 aliphatic heterocycles. The molecule has 0 bridgehead atoms. The molecule has 0 nitrogen and oxygen atoms in total. The zero-order valence-corrected chi connectivity index (χ0v) is 18.5. The van der Waals surface area contributed by atoms with Gasteiger partial charge in [-0.15, -0.1) is 0 Å². The van der Waals surface area contributed by atoms with E-state index in [9.17, 15) is 0 Å². The first-order valence-corrected chi connectivity index (χ1v) is 12.8. The van der Waals surface area contributed by atoms with Gasteiger partial charge in [-0.3, -0.25) is 0 Å². The van der Waals surface area contributed by atoms with Gasteiger partial charge in [0.1, 0.15) is 0 Å². The maximum Gasteiger partial charge on any atom is -0.00278 e. The van der Waals surface area contributed by atoms with Crippen LogP contribution in [-0.4, -0.2) is 0 Å². The van der Waals surface area contributed by atoms with Crippen LogP contribution >= 0.6 is 15.2 Å². The van der Waals surface area contributed by atoms with Crippen LogP contribution in [0.2, 0.25) is 0 Å². The molecule has 0 spiro atoms. The van der Waals surface area contributed by atoms with Gasteiger partial charge in [0, 0.05) is 0 Å². The molecule has 2 heterocycles. The molecule has 0 aromatic heterocycles. The van der Waals surface area contributed by atoms with E-state index < -0.39 is 0 Å². The van der Waals surface area contributed by atoms with Gasteiger partial charge in [0.15, 0.2) is 0 Å². The molecule has 26 heavy (non-hydrogen) atoms. The van der Waals surface area contributed by atoms with E-state index in [4.69, 9.17) is 0 Å². The van der Waals surface area contributed by atoms with Gasteiger partial charge in [0.25, 0.3) is 0 Å². The Bertz CT molecular complexity index is 813. The number of benzene rings is 2. The van der Waals surface area contributed by atoms with E-state index >= 15 is 0 Å². The van der Waals surface area contributed by atoms with E-state index in [-0.39, 0.29) is 26.1 Å². The highest BCUT2D eigenvalue weighted by molar-refractivity contribution is 8.47. The minimum Gasteiger partial charge on any atom is -0.0622 e. The smallest absolute Gasteiger partial charge is 0.00278 e. The maximum absolute atomic E-state index is 2.39. The van der Waals surface area contributed by atoms with E-state index in [1.54, 1.807) is 21.3 Å². The normalized spacial score (nSPS) is 22.7. The van der Waals surface area contributed by atoms with Crippen molar-refractivity contribution in [2.24, 2.45) is 10.8 Å². The minimum absolute atomic E-state index is 0.132. The van der Waals surface area contributed by atoms with Crippen molar-refractivity contribution in [3.8, 4) is 0 Å². The lowest BCUT2D eigenvalue weighted by Crippen LogP contribution is -2.01. The minimum atomic E-state index is -0.132. The highest BCUT2D eigenvalue weighted by Gasteiger charge is 2.58. The molecule has 0 amide bonds. The third-order valence-electron chi connectivity index (χ3n) is 4.91. The molecule has 134 valence electrons. The summed E-state index contributed by atoms with van der Waals surface area (Å²) in [5.74, 6) is 0. The summed E-state index contributed by atoms with van der Waals surface area (Å²) >= 11 is 0. The van der Waals surface area contributed by atoms with Crippen molar-refractivity contribution in [3.63, 3.8) is 0 Å². The first kappa shape index (κ1) is 18.2. The van der Waals surface area contributed by atoms with Gasteiger partial charge in [-0.05, 0) is 58.4 Å². The van der Waals surface area contributed by atoms with Crippen LogP contribution in [0.25, 0.3) is 10.6 Å². The van der Waals surface area contributed by atoms with E-state index in [2.05, 4.69) is 102 Å². The van der Waals surface area contributed by atoms with Crippen molar-refractivity contribution >= 4 is 25.8 Å². The third kappa shape index (κ3) is 3.13. The lowest BCUT2D eigenvalue weighted by molar-refractivity contribution is 0.538. The molecule has 0 aliphatic carbocycles. The molecular weight excluding hydrogens is 350 g/mol. The van der Waals surface area contributed by atoms with E-state index in [0.29, 0.717) is 0 Å². The second kappa shape index (κ2) is 6.15. The molecule has 4 rings (SSSR count). The summed E-state index contributed by atoms with van der Waals surface area (Å²) < 4.78 is 0. The van der Waals surface area contributed by atoms with E-state index in [1.807, 2.05) is 0 Å². The average molecular weight is 378 g/mol. The molecule has 2 aromatic rings. The van der Waals surface area contributed by atoms with E-state index in [0.717, 1.165) is 0 Å². The number of hydrogen-bond donors (Lipinski definition) is 0. The van der Waals surface area contributed by atoms with Crippen LogP contribution in [0.15, 0.2) is 71.3 Å². The van der Waals surface area contributed by atoms with Gasteiger partial charge in [0.2, 0.25) is 0 Å². The molecule has 0 N–H and O–H groups in total. The number of rotatable bonds is 3. The Kier molecular flexibility index (Phi) is 4.30. The molecular formula is C24H28P2. The van der Waals surface area contributed by atoms with Crippen molar-refractivity contribution in [3.05, 3.63) is 82.4 Å². The van der Waals surface area contributed by atoms with Crippen LogP contribution in [0.3, 0.4) is 0 Å². The van der Waals surface area contributed by atoms with Crippen LogP contribution in [0.4, 0.5) is 0 Å². The molecule has 1 unspecified atom stereocenters. The molecule has 0 fully saturated rings. The molecule has 2 aliphatic rings. The lowest BCUT2D eigenvalue weighted by atomic mass is 9.95. The zero-order chi connectivity index (χ0) is 18.7. The molecule has 2 heteroatoms. The Labute approximate surface area is 160 Å². The van der Waals surface area contributed by atoms with E-state index in [1.165, 1.54) is 11.1 Å². The van der Waals surface area contributed by atoms with Crippen molar-refractivity contribution in [1.82, 2.24) is 0 Å². The van der Waals surface area contributed by atoms with Gasteiger partial charge in [-0.1, -0.05) is 102 Å². The Hall–Kier alpha value is -1.22. The average Bonchev–Trinajstić information content (AvgIpc) is 3.45. The standard InChI is InChI=1S/C24H28P2/c1-23(2,3)21-19(17-13-9-7-10-14-17)25(21)26-20(22(26)24(4,5)6)18-15-11-8-12-16-18/h7-16H,1-6H3/t25-,26?/m0/s1. The summed E-state index contributed by atoms with van der Waals surface area (Å²) in [5, 5.41) is 6.87. The highest BCUT2D eigenvalue weighted by Crippen LogP contribution is 3.06. The van der Waals surface area contributed by atoms with Crippen LogP contribution < -0.4 is 0 Å². The highest BCUT2D eigenvalue weighted by atomic mass is 32.1. The molecule has 0 saturated heterocycles. The maximum atomic E-state index is 2.39. The Balaban J connectivity index is 1.72. The van der Waals surface area contributed by atoms with Crippen molar-refractivity contribution in [2.45, 2.75) is 41.5 Å². The Morgan fingerprint density at radius 3 is 1.08 bits per heavy atom. The molecule has 2 aromatic carbocycles. The Morgan fingerprint density at radius 1 is 0.500 bits per heavy atom. The summed E-state index contributed by atoms with van der Waals surface area (Å²) in [6.07, 6.45) is 0. The first-order valence-electron chi connectivity index (χ1n) is 9.42. The van der Waals surface area contributed by atoms with Crippen molar-refractivity contribution < 1.29 is 0 Å². The first-order chi connectivity index (χ1) is 12.2. The van der Waals surface area contributed by atoms with Crippen LogP contribution in [0.1, 0.15) is 52.7 Å². The van der Waals surface area contributed by atoms with Gasteiger partial charge < -0.3 is 0 Å². The molecule has 2 atom stereocenters. The second-order valence-corrected chi connectivity index (χ2v) is 14.7. The second-order valence-electron chi connectivity index (χ2n) is 9.25. The Morgan fingerprint density at radius 2 is 0.808 bits per heavy atom. The molecule has 0 saturated carbocycles. The van der Waals surface area contributed by atoms with Gasteiger partial charge in [-0.2, -0.15) is 0 Å². The van der Waals surface area contributed by atoms with Gasteiger partial charge >= 0.3 is 0 Å². The molecule has 0 radical (unpaired) electrons. The largest absolute Gasteiger partial charge is 0.0622 e. The predicted octanol–water partition coefficient (Wildman–Crippen LogP) is 8.72. The fourth-order valence-electron chi connectivity index (χ4n) is 3.77. The quantitative estimate of drug-likeness (QED) is 0.468. The van der Waals surface area contributed by atoms with Crippen molar-refractivity contribution in [2.75, 3.05) is 0 Å². The topological polar surface area (TPSA) is 0 Å². The van der Waals surface area contributed by atoms with Crippen LogP contribution in [0.5, 0.6) is 0 Å². The van der Waals surface area contributed by atoms with Crippen LogP contribution in [0, 0.1) is 10.8 Å². The lowest BCUT2D eigenvalue weighted by Gasteiger charge is -2.19. The summed E-state index contributed by atoms with van der Waals surface area (Å²) in [5.41, 5.74) is 3.45. The zero-order valence-electron chi connectivity index (χ0n) is 16.7. The summed E-state index contributed by atoms with van der Waals surface area (Å²) in [4.78, 5) is 0. The fraction of sp³-hybridized carbons (Fsp3) is 0.333. The summed E-state index contributed by atoms with van der Waals surface area (Å²) in [6.45, 7) is 14.4. The summed E-state index contributed by atoms with van der Waals surface area (Å²) in [6, 6.07) is 22.2. The SMILES string of the molecule is CC(C)(C)C1=C(c2ccccc2)P1[P@@]1C(c2ccccc2)=C1C(C)(C)C. The van der Waals surface area contributed by atoms with Gasteiger partial charge in [0.05, 0.1) is 0 Å². The number of hydrogen-bond acceptors (Lipinski definition) is 0.